The first-order chi connectivity index (χ1) is 9.70. The fraction of sp³-hybridized carbons (Fsp3) is 0.353. The number of rotatable bonds is 7. The number of nitrogens with zero attached hydrogens (tertiary/aromatic N) is 1. The normalized spacial score (nSPS) is 10.7. The standard InChI is InChI=1S/C17H22N2O/c1-4-18-12-14-11-17(20-10-9-13(2)3)19-16-8-6-5-7-15(14)16/h5-8,11,18H,2,4,9-10,12H2,1,3H3. The van der Waals surface area contributed by atoms with Gasteiger partial charge in [-0.3, -0.25) is 0 Å². The minimum Gasteiger partial charge on any atom is -0.477 e. The van der Waals surface area contributed by atoms with E-state index in [1.165, 1.54) is 10.9 Å². The van der Waals surface area contributed by atoms with E-state index in [-0.39, 0.29) is 0 Å². The van der Waals surface area contributed by atoms with Crippen molar-refractivity contribution in [2.45, 2.75) is 26.8 Å². The summed E-state index contributed by atoms with van der Waals surface area (Å²) in [6, 6.07) is 10.2. The van der Waals surface area contributed by atoms with Crippen LogP contribution in [0.4, 0.5) is 0 Å². The minimum atomic E-state index is 0.626. The smallest absolute Gasteiger partial charge is 0.214 e. The van der Waals surface area contributed by atoms with Gasteiger partial charge in [0.25, 0.3) is 0 Å². The van der Waals surface area contributed by atoms with Gasteiger partial charge in [-0.05, 0) is 25.1 Å². The van der Waals surface area contributed by atoms with Crippen LogP contribution in [0.3, 0.4) is 0 Å². The molecule has 1 heterocycles. The van der Waals surface area contributed by atoms with Gasteiger partial charge in [0, 0.05) is 24.4 Å². The summed E-state index contributed by atoms with van der Waals surface area (Å²) in [5.74, 6) is 0.692. The maximum Gasteiger partial charge on any atom is 0.214 e. The summed E-state index contributed by atoms with van der Waals surface area (Å²) in [4.78, 5) is 4.56. The number of hydrogen-bond donors (Lipinski definition) is 1. The molecule has 0 saturated carbocycles. The number of hydrogen-bond acceptors (Lipinski definition) is 3. The Labute approximate surface area is 120 Å². The Hall–Kier alpha value is -1.87. The molecule has 0 bridgehead atoms. The molecule has 2 rings (SSSR count). The molecule has 1 N–H and O–H groups in total. The van der Waals surface area contributed by atoms with E-state index in [0.717, 1.165) is 30.6 Å². The number of para-hydroxylation sites is 1. The second kappa shape index (κ2) is 7.06. The molecular weight excluding hydrogens is 248 g/mol. The minimum absolute atomic E-state index is 0.626. The number of aromatic nitrogens is 1. The van der Waals surface area contributed by atoms with Gasteiger partial charge in [0.05, 0.1) is 12.1 Å². The second-order valence-corrected chi connectivity index (χ2v) is 4.97. The van der Waals surface area contributed by atoms with Gasteiger partial charge in [-0.2, -0.15) is 0 Å². The van der Waals surface area contributed by atoms with Gasteiger partial charge >= 0.3 is 0 Å². The molecule has 0 aliphatic rings. The highest BCUT2D eigenvalue weighted by Crippen LogP contribution is 2.22. The highest BCUT2D eigenvalue weighted by atomic mass is 16.5. The van der Waals surface area contributed by atoms with E-state index in [9.17, 15) is 0 Å². The fourth-order valence-electron chi connectivity index (χ4n) is 2.03. The van der Waals surface area contributed by atoms with E-state index in [4.69, 9.17) is 4.74 Å². The van der Waals surface area contributed by atoms with E-state index >= 15 is 0 Å². The van der Waals surface area contributed by atoms with Crippen molar-refractivity contribution < 1.29 is 4.74 Å². The maximum absolute atomic E-state index is 5.75. The van der Waals surface area contributed by atoms with Gasteiger partial charge in [0.15, 0.2) is 0 Å². The number of fused-ring (bicyclic) bond motifs is 1. The zero-order valence-corrected chi connectivity index (χ0v) is 12.3. The first kappa shape index (κ1) is 14.5. The lowest BCUT2D eigenvalue weighted by Crippen LogP contribution is -2.12. The Bertz CT molecular complexity index is 593. The van der Waals surface area contributed by atoms with Crippen molar-refractivity contribution in [1.82, 2.24) is 10.3 Å². The van der Waals surface area contributed by atoms with E-state index in [1.54, 1.807) is 0 Å². The van der Waals surface area contributed by atoms with Gasteiger partial charge in [-0.15, -0.1) is 6.58 Å². The topological polar surface area (TPSA) is 34.1 Å². The summed E-state index contributed by atoms with van der Waals surface area (Å²) in [5, 5.41) is 4.54. The summed E-state index contributed by atoms with van der Waals surface area (Å²) in [6.07, 6.45) is 0.858. The molecule has 1 aromatic heterocycles. The average Bonchev–Trinajstić information content (AvgIpc) is 2.44. The number of pyridine rings is 1. The zero-order valence-electron chi connectivity index (χ0n) is 12.3. The molecule has 0 aliphatic heterocycles. The van der Waals surface area contributed by atoms with Crippen molar-refractivity contribution in [3.63, 3.8) is 0 Å². The summed E-state index contributed by atoms with van der Waals surface area (Å²) < 4.78 is 5.75. The third-order valence-electron chi connectivity index (χ3n) is 3.12. The van der Waals surface area contributed by atoms with Crippen LogP contribution in [-0.4, -0.2) is 18.1 Å². The third kappa shape index (κ3) is 3.81. The molecule has 0 spiro atoms. The Kier molecular flexibility index (Phi) is 5.13. The highest BCUT2D eigenvalue weighted by Gasteiger charge is 2.06. The Balaban J connectivity index is 2.24. The predicted molar refractivity (Wildman–Crippen MR) is 84.0 cm³/mol. The van der Waals surface area contributed by atoms with Gasteiger partial charge in [0.2, 0.25) is 5.88 Å². The molecule has 3 heteroatoms. The van der Waals surface area contributed by atoms with Crippen LogP contribution in [0.15, 0.2) is 42.5 Å². The lowest BCUT2D eigenvalue weighted by Gasteiger charge is -2.11. The van der Waals surface area contributed by atoms with E-state index in [0.29, 0.717) is 12.5 Å². The predicted octanol–water partition coefficient (Wildman–Crippen LogP) is 3.69. The van der Waals surface area contributed by atoms with Crippen molar-refractivity contribution in [2.75, 3.05) is 13.2 Å². The lowest BCUT2D eigenvalue weighted by atomic mass is 10.1. The molecule has 0 amide bonds. The highest BCUT2D eigenvalue weighted by molar-refractivity contribution is 5.82. The number of nitrogens with one attached hydrogen (secondary N) is 1. The Morgan fingerprint density at radius 3 is 2.90 bits per heavy atom. The first-order valence-electron chi connectivity index (χ1n) is 7.07. The SMILES string of the molecule is C=C(C)CCOc1cc(CNCC)c2ccccc2n1. The molecule has 0 radical (unpaired) electrons. The van der Waals surface area contributed by atoms with Gasteiger partial charge in [0.1, 0.15) is 0 Å². The average molecular weight is 270 g/mol. The van der Waals surface area contributed by atoms with Crippen molar-refractivity contribution in [2.24, 2.45) is 0 Å². The largest absolute Gasteiger partial charge is 0.477 e. The number of benzene rings is 1. The van der Waals surface area contributed by atoms with Crippen LogP contribution in [0.1, 0.15) is 25.8 Å². The molecular formula is C17H22N2O. The van der Waals surface area contributed by atoms with Crippen molar-refractivity contribution in [3.8, 4) is 5.88 Å². The monoisotopic (exact) mass is 270 g/mol. The quantitative estimate of drug-likeness (QED) is 0.779. The lowest BCUT2D eigenvalue weighted by molar-refractivity contribution is 0.310. The fourth-order valence-corrected chi connectivity index (χ4v) is 2.03. The van der Waals surface area contributed by atoms with E-state index < -0.39 is 0 Å². The van der Waals surface area contributed by atoms with Crippen LogP contribution in [0.2, 0.25) is 0 Å². The summed E-state index contributed by atoms with van der Waals surface area (Å²) in [6.45, 7) is 10.4. The Morgan fingerprint density at radius 1 is 1.35 bits per heavy atom. The molecule has 0 unspecified atom stereocenters. The molecule has 3 nitrogen and oxygen atoms in total. The third-order valence-corrected chi connectivity index (χ3v) is 3.12. The molecule has 20 heavy (non-hydrogen) atoms. The summed E-state index contributed by atoms with van der Waals surface area (Å²) in [5.41, 5.74) is 3.33. The van der Waals surface area contributed by atoms with E-state index in [2.05, 4.69) is 29.9 Å². The second-order valence-electron chi connectivity index (χ2n) is 4.97. The molecule has 0 saturated heterocycles. The van der Waals surface area contributed by atoms with Crippen LogP contribution in [-0.2, 0) is 6.54 Å². The van der Waals surface area contributed by atoms with Gasteiger partial charge in [-0.1, -0.05) is 30.7 Å². The van der Waals surface area contributed by atoms with Crippen molar-refractivity contribution in [3.05, 3.63) is 48.0 Å². The van der Waals surface area contributed by atoms with Crippen LogP contribution in [0, 0.1) is 0 Å². The molecule has 0 atom stereocenters. The summed E-state index contributed by atoms with van der Waals surface area (Å²) >= 11 is 0. The zero-order chi connectivity index (χ0) is 14.4. The molecule has 1 aromatic carbocycles. The van der Waals surface area contributed by atoms with Crippen LogP contribution < -0.4 is 10.1 Å². The molecule has 2 aromatic rings. The van der Waals surface area contributed by atoms with Crippen molar-refractivity contribution >= 4 is 10.9 Å². The number of ether oxygens (including phenoxy) is 1. The summed E-state index contributed by atoms with van der Waals surface area (Å²) in [7, 11) is 0. The van der Waals surface area contributed by atoms with Gasteiger partial charge in [-0.25, -0.2) is 4.98 Å². The molecule has 0 fully saturated rings. The maximum atomic E-state index is 5.75. The van der Waals surface area contributed by atoms with Crippen LogP contribution in [0.5, 0.6) is 5.88 Å². The molecule has 106 valence electrons. The van der Waals surface area contributed by atoms with E-state index in [1.807, 2.05) is 31.2 Å². The van der Waals surface area contributed by atoms with Gasteiger partial charge < -0.3 is 10.1 Å². The first-order valence-corrected chi connectivity index (χ1v) is 7.07. The van der Waals surface area contributed by atoms with Crippen LogP contribution in [0.25, 0.3) is 10.9 Å². The van der Waals surface area contributed by atoms with Crippen LogP contribution >= 0.6 is 0 Å². The van der Waals surface area contributed by atoms with Crippen molar-refractivity contribution in [1.29, 1.82) is 0 Å². The Morgan fingerprint density at radius 2 is 2.15 bits per heavy atom. The molecule has 0 aliphatic carbocycles.